The van der Waals surface area contributed by atoms with Gasteiger partial charge in [-0.3, -0.25) is 9.78 Å². The van der Waals surface area contributed by atoms with E-state index in [1.165, 1.54) is 0 Å². The summed E-state index contributed by atoms with van der Waals surface area (Å²) in [4.78, 5) is 33.9. The summed E-state index contributed by atoms with van der Waals surface area (Å²) in [7, 11) is 2.14. The molecule has 2 N–H and O–H groups in total. The van der Waals surface area contributed by atoms with E-state index in [0.29, 0.717) is 5.56 Å². The monoisotopic (exact) mass is 477 g/mol. The summed E-state index contributed by atoms with van der Waals surface area (Å²) in [5.41, 5.74) is 6.93. The molecular weight excluding hydrogens is 450 g/mol. The second-order valence-corrected chi connectivity index (χ2v) is 9.29. The first-order chi connectivity index (χ1) is 17.5. The van der Waals surface area contributed by atoms with Crippen molar-refractivity contribution in [2.75, 3.05) is 43.4 Å². The van der Waals surface area contributed by atoms with E-state index in [1.54, 1.807) is 19.4 Å². The van der Waals surface area contributed by atoms with Crippen molar-refractivity contribution in [1.82, 2.24) is 24.8 Å². The number of imidazole rings is 1. The largest absolute Gasteiger partial charge is 0.354 e. The lowest BCUT2D eigenvalue weighted by atomic mass is 10.00. The van der Waals surface area contributed by atoms with Gasteiger partial charge in [-0.05, 0) is 61.5 Å². The molecule has 0 bridgehead atoms. The minimum Gasteiger partial charge on any atom is -0.354 e. The van der Waals surface area contributed by atoms with E-state index in [1.807, 2.05) is 30.5 Å². The van der Waals surface area contributed by atoms with Crippen LogP contribution in [0.4, 0.5) is 17.2 Å². The second kappa shape index (κ2) is 9.05. The Hall–Kier alpha value is -4.30. The van der Waals surface area contributed by atoms with Crippen LogP contribution in [0, 0.1) is 0 Å². The summed E-state index contributed by atoms with van der Waals surface area (Å²) in [6, 6.07) is 16.3. The van der Waals surface area contributed by atoms with Gasteiger partial charge < -0.3 is 20.1 Å². The van der Waals surface area contributed by atoms with Gasteiger partial charge in [-0.2, -0.15) is 0 Å². The molecule has 0 aliphatic carbocycles. The molecule has 3 aromatic heterocycles. The fourth-order valence-corrected chi connectivity index (χ4v) is 4.72. The first kappa shape index (κ1) is 22.2. The Morgan fingerprint density at radius 2 is 1.67 bits per heavy atom. The van der Waals surface area contributed by atoms with Gasteiger partial charge in [-0.1, -0.05) is 12.1 Å². The number of ketones is 1. The molecule has 0 atom stereocenters. The van der Waals surface area contributed by atoms with E-state index < -0.39 is 0 Å². The van der Waals surface area contributed by atoms with Crippen LogP contribution in [0.1, 0.15) is 17.3 Å². The summed E-state index contributed by atoms with van der Waals surface area (Å²) in [5, 5.41) is 4.35. The first-order valence-corrected chi connectivity index (χ1v) is 12.1. The molecule has 0 radical (unpaired) electrons. The summed E-state index contributed by atoms with van der Waals surface area (Å²) in [5.74, 6) is 0.926. The van der Waals surface area contributed by atoms with Gasteiger partial charge in [0.05, 0.1) is 46.0 Å². The molecule has 1 aliphatic rings. The molecule has 1 aliphatic heterocycles. The number of fused-ring (bicyclic) bond motifs is 2. The lowest BCUT2D eigenvalue weighted by Crippen LogP contribution is -2.44. The van der Waals surface area contributed by atoms with Crippen LogP contribution in [-0.4, -0.2) is 63.8 Å². The summed E-state index contributed by atoms with van der Waals surface area (Å²) < 4.78 is 0. The molecule has 4 heterocycles. The Kier molecular flexibility index (Phi) is 5.58. The molecular formula is C28H27N7O. The number of nitrogens with one attached hydrogen (secondary N) is 2. The normalized spacial score (nSPS) is 14.4. The molecule has 180 valence electrons. The number of aromatic amines is 1. The molecule has 1 fully saturated rings. The number of likely N-dealkylation sites (N-methyl/N-ethyl adjacent to an activating group) is 1. The highest BCUT2D eigenvalue weighted by Crippen LogP contribution is 2.33. The van der Waals surface area contributed by atoms with E-state index in [-0.39, 0.29) is 5.78 Å². The number of carbonyl (C=O) groups is 1. The van der Waals surface area contributed by atoms with Gasteiger partial charge in [0.15, 0.2) is 5.78 Å². The van der Waals surface area contributed by atoms with E-state index in [2.05, 4.69) is 61.4 Å². The number of hydrogen-bond acceptors (Lipinski definition) is 7. The van der Waals surface area contributed by atoms with Crippen molar-refractivity contribution < 1.29 is 4.79 Å². The molecule has 8 nitrogen and oxygen atoms in total. The Morgan fingerprint density at radius 3 is 2.42 bits per heavy atom. The molecule has 0 saturated carbocycles. The second-order valence-electron chi connectivity index (χ2n) is 9.29. The number of anilines is 3. The smallest absolute Gasteiger partial charge is 0.163 e. The molecule has 36 heavy (non-hydrogen) atoms. The van der Waals surface area contributed by atoms with Crippen LogP contribution in [-0.2, 0) is 0 Å². The van der Waals surface area contributed by atoms with Crippen LogP contribution in [0.2, 0.25) is 0 Å². The van der Waals surface area contributed by atoms with Crippen molar-refractivity contribution in [3.63, 3.8) is 0 Å². The number of nitrogens with zero attached hydrogens (tertiary/aromatic N) is 5. The van der Waals surface area contributed by atoms with Gasteiger partial charge in [-0.15, -0.1) is 0 Å². The maximum absolute atomic E-state index is 12.5. The number of H-pyrrole nitrogens is 1. The number of hydrogen-bond donors (Lipinski definition) is 2. The molecule has 0 amide bonds. The lowest BCUT2D eigenvalue weighted by Gasteiger charge is -2.33. The number of benzene rings is 2. The molecule has 5 aromatic rings. The Bertz CT molecular complexity index is 1570. The lowest BCUT2D eigenvalue weighted by molar-refractivity contribution is 0.101. The summed E-state index contributed by atoms with van der Waals surface area (Å²) in [6.45, 7) is 5.56. The molecule has 0 spiro atoms. The fraction of sp³-hybridized carbons (Fsp3) is 0.214. The van der Waals surface area contributed by atoms with Crippen LogP contribution in [0.25, 0.3) is 33.1 Å². The van der Waals surface area contributed by atoms with Gasteiger partial charge >= 0.3 is 0 Å². The minimum atomic E-state index is -0.0433. The summed E-state index contributed by atoms with van der Waals surface area (Å²) in [6.07, 6.45) is 5.18. The quantitative estimate of drug-likeness (QED) is 0.349. The van der Waals surface area contributed by atoms with Crippen LogP contribution < -0.4 is 10.2 Å². The molecule has 6 rings (SSSR count). The number of piperazine rings is 1. The number of rotatable bonds is 5. The highest BCUT2D eigenvalue weighted by molar-refractivity contribution is 6.08. The van der Waals surface area contributed by atoms with Gasteiger partial charge in [0.1, 0.15) is 5.82 Å². The van der Waals surface area contributed by atoms with Crippen LogP contribution in [0.15, 0.2) is 67.3 Å². The van der Waals surface area contributed by atoms with Crippen LogP contribution in [0.3, 0.4) is 0 Å². The van der Waals surface area contributed by atoms with Gasteiger partial charge in [0, 0.05) is 37.8 Å². The van der Waals surface area contributed by atoms with E-state index in [4.69, 9.17) is 4.98 Å². The predicted molar refractivity (Wildman–Crippen MR) is 144 cm³/mol. The van der Waals surface area contributed by atoms with Crippen LogP contribution in [0.5, 0.6) is 0 Å². The third kappa shape index (κ3) is 4.16. The zero-order valence-electron chi connectivity index (χ0n) is 20.3. The standard InChI is InChI=1S/C28H27N7O/c1-18(36)23-16-29-24-6-3-19(20-4-7-25-26(14-20)32-17-31-25)13-22(24)28(23)33-21-5-8-27(30-15-21)35-11-9-34(2)10-12-35/h3-8,13-17H,9-12H2,1-2H3,(H,29,33)(H,31,32). The zero-order valence-corrected chi connectivity index (χ0v) is 20.3. The molecule has 0 unspecified atom stereocenters. The molecule has 1 saturated heterocycles. The predicted octanol–water partition coefficient (Wildman–Crippen LogP) is 4.87. The highest BCUT2D eigenvalue weighted by atomic mass is 16.1. The highest BCUT2D eigenvalue weighted by Gasteiger charge is 2.17. The van der Waals surface area contributed by atoms with E-state index in [9.17, 15) is 4.79 Å². The number of aromatic nitrogens is 4. The SMILES string of the molecule is CC(=O)c1cnc2ccc(-c3ccc4nc[nH]c4c3)cc2c1Nc1ccc(N2CCN(C)CC2)nc1. The van der Waals surface area contributed by atoms with Gasteiger partial charge in [0.2, 0.25) is 0 Å². The van der Waals surface area contributed by atoms with Crippen molar-refractivity contribution in [2.24, 2.45) is 0 Å². The average Bonchev–Trinajstić information content (AvgIpc) is 3.37. The maximum atomic E-state index is 12.5. The molecule has 8 heteroatoms. The Labute approximate surface area is 209 Å². The van der Waals surface area contributed by atoms with E-state index in [0.717, 1.165) is 76.4 Å². The minimum absolute atomic E-state index is 0.0433. The zero-order chi connectivity index (χ0) is 24.6. The van der Waals surface area contributed by atoms with Crippen molar-refractivity contribution in [3.8, 4) is 11.1 Å². The fourth-order valence-electron chi connectivity index (χ4n) is 4.72. The van der Waals surface area contributed by atoms with Crippen molar-refractivity contribution >= 4 is 44.9 Å². The third-order valence-corrected chi connectivity index (χ3v) is 6.85. The topological polar surface area (TPSA) is 90.0 Å². The van der Waals surface area contributed by atoms with Crippen LogP contribution >= 0.6 is 0 Å². The average molecular weight is 478 g/mol. The maximum Gasteiger partial charge on any atom is 0.163 e. The van der Waals surface area contributed by atoms with Crippen molar-refractivity contribution in [1.29, 1.82) is 0 Å². The number of carbonyl (C=O) groups excluding carboxylic acids is 1. The van der Waals surface area contributed by atoms with Crippen molar-refractivity contribution in [3.05, 3.63) is 72.8 Å². The van der Waals surface area contributed by atoms with Crippen molar-refractivity contribution in [2.45, 2.75) is 6.92 Å². The summed E-state index contributed by atoms with van der Waals surface area (Å²) >= 11 is 0. The third-order valence-electron chi connectivity index (χ3n) is 6.85. The van der Waals surface area contributed by atoms with E-state index >= 15 is 0 Å². The number of Topliss-reactive ketones (excluding diaryl/α,β-unsaturated/α-hetero) is 1. The van der Waals surface area contributed by atoms with Gasteiger partial charge in [0.25, 0.3) is 0 Å². The first-order valence-electron chi connectivity index (χ1n) is 12.1. The van der Waals surface area contributed by atoms with Gasteiger partial charge in [-0.25, -0.2) is 9.97 Å². The molecule has 2 aromatic carbocycles. The Balaban J connectivity index is 1.37. The Morgan fingerprint density at radius 1 is 0.889 bits per heavy atom. The number of pyridine rings is 2.